The van der Waals surface area contributed by atoms with Crippen LogP contribution in [0.25, 0.3) is 44.8 Å². The molecule has 2 fully saturated rings. The van der Waals surface area contributed by atoms with E-state index in [0.717, 1.165) is 55.6 Å². The summed E-state index contributed by atoms with van der Waals surface area (Å²) in [5.74, 6) is 0.976. The van der Waals surface area contributed by atoms with Crippen molar-refractivity contribution in [3.63, 3.8) is 0 Å². The summed E-state index contributed by atoms with van der Waals surface area (Å²) in [6.07, 6.45) is 8.75. The van der Waals surface area contributed by atoms with Gasteiger partial charge in [0.05, 0.1) is 55.8 Å². The maximum atomic E-state index is 14.0. The van der Waals surface area contributed by atoms with Crippen LogP contribution >= 0.6 is 0 Å². The number of likely N-dealkylation sites (N-methyl/N-ethyl adjacent to an activating group) is 1. The molecule has 350 valence electrons. The van der Waals surface area contributed by atoms with Crippen molar-refractivity contribution in [3.8, 4) is 39.6 Å². The second-order valence-electron chi connectivity index (χ2n) is 16.4. The van der Waals surface area contributed by atoms with Gasteiger partial charge < -0.3 is 53.9 Å². The summed E-state index contributed by atoms with van der Waals surface area (Å²) < 4.78 is 21.5. The lowest BCUT2D eigenvalue weighted by Crippen LogP contribution is -2.50. The number of nitrogens with zero attached hydrogens (tertiary/aromatic N) is 5. The number of imidazole rings is 2. The summed E-state index contributed by atoms with van der Waals surface area (Å²) in [6, 6.07) is 12.3. The molecule has 4 N–H and O–H groups in total. The number of fused-ring (bicyclic) bond motifs is 1. The van der Waals surface area contributed by atoms with Crippen LogP contribution in [0.5, 0.6) is 5.75 Å². The Morgan fingerprint density at radius 3 is 2.22 bits per heavy atom. The van der Waals surface area contributed by atoms with Crippen molar-refractivity contribution in [2.45, 2.75) is 71.9 Å². The molecule has 2 aliphatic rings. The largest absolute Gasteiger partial charge is 0.485 e. The molecule has 18 nitrogen and oxygen atoms in total. The van der Waals surface area contributed by atoms with Gasteiger partial charge in [0.25, 0.3) is 0 Å². The molecule has 5 aromatic rings. The number of hydrogen-bond acceptors (Lipinski definition) is 12. The van der Waals surface area contributed by atoms with Crippen LogP contribution in [-0.4, -0.2) is 132 Å². The van der Waals surface area contributed by atoms with E-state index in [4.69, 9.17) is 9.15 Å². The second kappa shape index (κ2) is 23.8. The minimum absolute atomic E-state index is 0.00194. The number of amides is 4. The standard InChI is InChI=1S/C33H35N7O6.C11H20N2O3.C3H8/c1-39(2)13-14-45-31-29(42)23-15-22(10-11-27(23)46-30(31)21-8-6-20(7-9-21)24-16-34-19-37-24)25-17-35-32(38-25)26-5-4-12-40(26)28(41)18-36-33(43)44-3;1-8(2)9(12-11(15)16-3)10(14)13-6-4-5-7-13;1-3-2/h6-11,15-17,19,26H,4-5,12-14,18H2,1-3H3,(H,34,37)(H,35,38)(H,36,43);8-9H,4-7H2,1-3H3,(H,12,15);3H2,1-2H3/t26-;9-;/m00./s1. The maximum Gasteiger partial charge on any atom is 0.407 e. The van der Waals surface area contributed by atoms with Crippen molar-refractivity contribution in [1.82, 2.24) is 45.3 Å². The second-order valence-corrected chi connectivity index (χ2v) is 16.4. The van der Waals surface area contributed by atoms with Gasteiger partial charge in [-0.3, -0.25) is 14.4 Å². The van der Waals surface area contributed by atoms with Crippen LogP contribution in [-0.2, 0) is 19.1 Å². The predicted octanol–water partition coefficient (Wildman–Crippen LogP) is 6.61. The van der Waals surface area contributed by atoms with Crippen molar-refractivity contribution < 1.29 is 37.8 Å². The first kappa shape index (κ1) is 49.3. The van der Waals surface area contributed by atoms with E-state index in [-0.39, 0.29) is 41.5 Å². The molecule has 0 radical (unpaired) electrons. The van der Waals surface area contributed by atoms with Crippen LogP contribution in [0.15, 0.2) is 70.4 Å². The van der Waals surface area contributed by atoms with Crippen LogP contribution in [0.3, 0.4) is 0 Å². The number of H-pyrrole nitrogens is 2. The minimum atomic E-state index is -0.660. The molecule has 4 amide bonds. The monoisotopic (exact) mass is 897 g/mol. The number of nitrogens with one attached hydrogen (secondary N) is 4. The van der Waals surface area contributed by atoms with Crippen molar-refractivity contribution in [1.29, 1.82) is 0 Å². The number of alkyl carbamates (subject to hydrolysis) is 2. The zero-order valence-corrected chi connectivity index (χ0v) is 38.7. The van der Waals surface area contributed by atoms with E-state index >= 15 is 0 Å². The van der Waals surface area contributed by atoms with Gasteiger partial charge in [-0.25, -0.2) is 19.6 Å². The normalized spacial score (nSPS) is 14.9. The fourth-order valence-electron chi connectivity index (χ4n) is 7.37. The average molecular weight is 898 g/mol. The Kier molecular flexibility index (Phi) is 18.1. The molecule has 2 aromatic carbocycles. The van der Waals surface area contributed by atoms with Crippen molar-refractivity contribution >= 4 is 35.0 Å². The van der Waals surface area contributed by atoms with Gasteiger partial charge in [-0.2, -0.15) is 0 Å². The Balaban J connectivity index is 0.000000350. The van der Waals surface area contributed by atoms with Crippen LogP contribution in [0.2, 0.25) is 0 Å². The van der Waals surface area contributed by atoms with Gasteiger partial charge in [-0.05, 0) is 69.5 Å². The smallest absolute Gasteiger partial charge is 0.407 e. The summed E-state index contributed by atoms with van der Waals surface area (Å²) in [6.45, 7) is 11.0. The highest BCUT2D eigenvalue weighted by atomic mass is 16.5. The highest BCUT2D eigenvalue weighted by Crippen LogP contribution is 2.35. The van der Waals surface area contributed by atoms with Gasteiger partial charge >= 0.3 is 12.2 Å². The molecular formula is C47H63N9O9. The van der Waals surface area contributed by atoms with Gasteiger partial charge in [0, 0.05) is 37.3 Å². The minimum Gasteiger partial charge on any atom is -0.485 e. The number of carbonyl (C=O) groups excluding carboxylic acids is 4. The molecule has 0 aliphatic carbocycles. The van der Waals surface area contributed by atoms with Crippen molar-refractivity contribution in [2.24, 2.45) is 5.92 Å². The van der Waals surface area contributed by atoms with E-state index in [1.54, 1.807) is 40.7 Å². The molecule has 2 atom stereocenters. The number of likely N-dealkylation sites (tertiary alicyclic amines) is 2. The molecule has 0 saturated carbocycles. The summed E-state index contributed by atoms with van der Waals surface area (Å²) in [5, 5.41) is 5.41. The Morgan fingerprint density at radius 1 is 0.908 bits per heavy atom. The Labute approximate surface area is 379 Å². The molecule has 0 bridgehead atoms. The molecule has 3 aromatic heterocycles. The van der Waals surface area contributed by atoms with Crippen molar-refractivity contribution in [3.05, 3.63) is 77.2 Å². The Morgan fingerprint density at radius 2 is 1.58 bits per heavy atom. The van der Waals surface area contributed by atoms with Crippen LogP contribution in [0, 0.1) is 5.92 Å². The third-order valence-corrected chi connectivity index (χ3v) is 10.8. The zero-order valence-electron chi connectivity index (χ0n) is 38.7. The first-order valence-corrected chi connectivity index (χ1v) is 22.1. The van der Waals surface area contributed by atoms with Gasteiger partial charge in [-0.15, -0.1) is 0 Å². The third kappa shape index (κ3) is 13.0. The molecule has 5 heterocycles. The molecule has 7 rings (SSSR count). The molecule has 18 heteroatoms. The Hall–Kier alpha value is -6.69. The van der Waals surface area contributed by atoms with Crippen LogP contribution in [0.1, 0.15) is 71.7 Å². The zero-order chi connectivity index (χ0) is 47.0. The first-order valence-electron chi connectivity index (χ1n) is 22.1. The van der Waals surface area contributed by atoms with E-state index in [0.29, 0.717) is 53.5 Å². The number of carbonyl (C=O) groups is 4. The summed E-state index contributed by atoms with van der Waals surface area (Å²) in [7, 11) is 6.42. The molecular weight excluding hydrogens is 835 g/mol. The quantitative estimate of drug-likeness (QED) is 0.0983. The van der Waals surface area contributed by atoms with Crippen molar-refractivity contribution in [2.75, 3.05) is 67.6 Å². The highest BCUT2D eigenvalue weighted by molar-refractivity contribution is 5.87. The van der Waals surface area contributed by atoms with Crippen LogP contribution in [0.4, 0.5) is 9.59 Å². The maximum absolute atomic E-state index is 14.0. The Bertz CT molecular complexity index is 2390. The lowest BCUT2D eigenvalue weighted by Gasteiger charge is -2.26. The average Bonchev–Trinajstić information content (AvgIpc) is 4.16. The fraction of sp³-hybridized carbons (Fsp3) is 0.468. The number of benzene rings is 2. The number of rotatable bonds is 13. The number of ether oxygens (including phenoxy) is 3. The summed E-state index contributed by atoms with van der Waals surface area (Å²) in [5.41, 5.74) is 4.11. The summed E-state index contributed by atoms with van der Waals surface area (Å²) in [4.78, 5) is 82.0. The van der Waals surface area contributed by atoms with E-state index in [1.807, 2.05) is 63.2 Å². The lowest BCUT2D eigenvalue weighted by molar-refractivity contribution is -0.133. The van der Waals surface area contributed by atoms with E-state index in [1.165, 1.54) is 20.6 Å². The SMILES string of the molecule is CCC.COC(=O)NCC(=O)N1CCC[C@H]1c1ncc(-c2ccc3oc(-c4ccc(-c5cnc[nH]5)cc4)c(OCCN(C)C)c(=O)c3c2)[nH]1.COC(=O)N[C@H](C(=O)N1CCCC1)C(C)C. The molecule has 2 aliphatic heterocycles. The summed E-state index contributed by atoms with van der Waals surface area (Å²) >= 11 is 0. The molecule has 0 unspecified atom stereocenters. The van der Waals surface area contributed by atoms with Crippen LogP contribution < -0.4 is 20.8 Å². The molecule has 65 heavy (non-hydrogen) atoms. The van der Waals surface area contributed by atoms with Gasteiger partial charge in [0.15, 0.2) is 5.76 Å². The topological polar surface area (TPSA) is 217 Å². The van der Waals surface area contributed by atoms with Gasteiger partial charge in [0.1, 0.15) is 30.6 Å². The highest BCUT2D eigenvalue weighted by Gasteiger charge is 2.33. The van der Waals surface area contributed by atoms with E-state index in [2.05, 4.69) is 53.9 Å². The van der Waals surface area contributed by atoms with E-state index in [9.17, 15) is 24.0 Å². The number of methoxy groups -OCH3 is 2. The number of aromatic amines is 2. The van der Waals surface area contributed by atoms with Gasteiger partial charge in [0.2, 0.25) is 23.0 Å². The van der Waals surface area contributed by atoms with Gasteiger partial charge in [-0.1, -0.05) is 58.4 Å². The lowest BCUT2D eigenvalue weighted by atomic mass is 10.0. The number of hydrogen-bond donors (Lipinski definition) is 4. The molecule has 2 saturated heterocycles. The fourth-order valence-corrected chi connectivity index (χ4v) is 7.37. The third-order valence-electron chi connectivity index (χ3n) is 10.8. The first-order chi connectivity index (χ1) is 31.3. The predicted molar refractivity (Wildman–Crippen MR) is 247 cm³/mol. The van der Waals surface area contributed by atoms with E-state index < -0.39 is 18.2 Å². The molecule has 0 spiro atoms. The number of aromatic nitrogens is 4.